The molecule has 4 heterocycles. The average molecular weight is 346 g/mol. The molecule has 0 aliphatic carbocycles. The molecule has 3 aliphatic rings. The first kappa shape index (κ1) is 17.5. The van der Waals surface area contributed by atoms with Crippen molar-refractivity contribution in [1.82, 2.24) is 15.2 Å². The highest BCUT2D eigenvalue weighted by Gasteiger charge is 2.49. The van der Waals surface area contributed by atoms with Crippen LogP contribution in [-0.2, 0) is 4.74 Å². The third-order valence-corrected chi connectivity index (χ3v) is 4.66. The minimum Gasteiger partial charge on any atom is -0.444 e. The summed E-state index contributed by atoms with van der Waals surface area (Å²) in [5.74, 6) is -0.188. The molecule has 136 valence electrons. The molecule has 4 rings (SSSR count). The highest BCUT2D eigenvalue weighted by molar-refractivity contribution is 5.92. The second-order valence-corrected chi connectivity index (χ2v) is 7.72. The van der Waals surface area contributed by atoms with Gasteiger partial charge in [-0.1, -0.05) is 0 Å². The van der Waals surface area contributed by atoms with Crippen molar-refractivity contribution in [1.29, 1.82) is 0 Å². The van der Waals surface area contributed by atoms with E-state index in [9.17, 15) is 9.59 Å². The number of piperazine rings is 1. The van der Waals surface area contributed by atoms with Crippen LogP contribution in [0.15, 0.2) is 12.1 Å². The fourth-order valence-corrected chi connectivity index (χ4v) is 3.56. The molecule has 1 aromatic heterocycles. The number of nitrogens with one attached hydrogen (secondary N) is 1. The number of nitrogens with zero attached hydrogens (tertiary/aromatic N) is 3. The van der Waals surface area contributed by atoms with Gasteiger partial charge >= 0.3 is 6.09 Å². The van der Waals surface area contributed by atoms with E-state index in [4.69, 9.17) is 4.74 Å². The standard InChI is InChI=1S/C18H26N4O3/c1-11-15(7-6-14(20-11)16(23)19-5)21-9-12-8-13(10-21)22(12)17(24)25-18(2,3)4/h6-7,12-13H,8-10H2,1-5H3,(H,19,23). The SMILES string of the molecule is CNC(=O)c1ccc(N2CC3CC(C2)N3C(=O)OC(C)(C)C)c(C)n1. The van der Waals surface area contributed by atoms with E-state index >= 15 is 0 Å². The Hall–Kier alpha value is -2.31. The molecule has 0 aromatic carbocycles. The van der Waals surface area contributed by atoms with Gasteiger partial charge in [0, 0.05) is 20.1 Å². The molecule has 1 aromatic rings. The zero-order valence-electron chi connectivity index (χ0n) is 15.5. The highest BCUT2D eigenvalue weighted by Crippen LogP contribution is 2.36. The van der Waals surface area contributed by atoms with Crippen molar-refractivity contribution >= 4 is 17.7 Å². The minimum absolute atomic E-state index is 0.173. The molecule has 2 atom stereocenters. The van der Waals surface area contributed by atoms with Crippen LogP contribution in [-0.4, -0.2) is 59.7 Å². The van der Waals surface area contributed by atoms with E-state index < -0.39 is 5.60 Å². The monoisotopic (exact) mass is 346 g/mol. The maximum absolute atomic E-state index is 12.3. The van der Waals surface area contributed by atoms with Crippen LogP contribution < -0.4 is 10.2 Å². The maximum atomic E-state index is 12.3. The Balaban J connectivity index is 1.69. The van der Waals surface area contributed by atoms with Gasteiger partial charge in [0.2, 0.25) is 0 Å². The van der Waals surface area contributed by atoms with Crippen LogP contribution in [0.3, 0.4) is 0 Å². The van der Waals surface area contributed by atoms with Gasteiger partial charge in [0.15, 0.2) is 0 Å². The number of anilines is 1. The maximum Gasteiger partial charge on any atom is 0.410 e. The van der Waals surface area contributed by atoms with Crippen molar-refractivity contribution in [3.05, 3.63) is 23.5 Å². The van der Waals surface area contributed by atoms with Crippen LogP contribution >= 0.6 is 0 Å². The molecule has 3 aliphatic heterocycles. The number of aromatic nitrogens is 1. The molecule has 1 N–H and O–H groups in total. The van der Waals surface area contributed by atoms with Gasteiger partial charge in [-0.3, -0.25) is 9.69 Å². The molecular weight excluding hydrogens is 320 g/mol. The zero-order chi connectivity index (χ0) is 18.4. The van der Waals surface area contributed by atoms with Crippen LogP contribution in [0.4, 0.5) is 10.5 Å². The zero-order valence-corrected chi connectivity index (χ0v) is 15.5. The summed E-state index contributed by atoms with van der Waals surface area (Å²) >= 11 is 0. The molecular formula is C18H26N4O3. The summed E-state index contributed by atoms with van der Waals surface area (Å²) in [6.45, 7) is 9.09. The van der Waals surface area contributed by atoms with E-state index in [1.807, 2.05) is 38.7 Å². The van der Waals surface area contributed by atoms with Crippen LogP contribution in [0.1, 0.15) is 43.4 Å². The quantitative estimate of drug-likeness (QED) is 0.886. The Bertz CT molecular complexity index is 686. The number of aryl methyl sites for hydroxylation is 1. The van der Waals surface area contributed by atoms with Crippen molar-refractivity contribution in [3.63, 3.8) is 0 Å². The summed E-state index contributed by atoms with van der Waals surface area (Å²) in [5, 5.41) is 2.59. The van der Waals surface area contributed by atoms with Gasteiger partial charge in [0.1, 0.15) is 11.3 Å². The molecule has 2 unspecified atom stereocenters. The van der Waals surface area contributed by atoms with Crippen LogP contribution in [0, 0.1) is 6.92 Å². The largest absolute Gasteiger partial charge is 0.444 e. The molecule has 3 fully saturated rings. The van der Waals surface area contributed by atoms with E-state index in [0.717, 1.165) is 30.9 Å². The second-order valence-electron chi connectivity index (χ2n) is 7.72. The van der Waals surface area contributed by atoms with Gasteiger partial charge in [-0.25, -0.2) is 9.78 Å². The van der Waals surface area contributed by atoms with Crippen LogP contribution in [0.2, 0.25) is 0 Å². The molecule has 7 heteroatoms. The lowest BCUT2D eigenvalue weighted by Gasteiger charge is -2.56. The van der Waals surface area contributed by atoms with E-state index in [-0.39, 0.29) is 24.1 Å². The lowest BCUT2D eigenvalue weighted by Crippen LogP contribution is -2.70. The third kappa shape index (κ3) is 3.41. The van der Waals surface area contributed by atoms with Gasteiger partial charge < -0.3 is 15.0 Å². The normalized spacial score (nSPS) is 22.3. The number of rotatable bonds is 2. The molecule has 0 spiro atoms. The first-order chi connectivity index (χ1) is 11.7. The van der Waals surface area contributed by atoms with Crippen LogP contribution in [0.25, 0.3) is 0 Å². The van der Waals surface area contributed by atoms with Crippen molar-refractivity contribution in [3.8, 4) is 0 Å². The molecule has 2 bridgehead atoms. The number of pyridine rings is 1. The number of piperidine rings is 1. The average Bonchev–Trinajstić information content (AvgIpc) is 2.52. The predicted octanol–water partition coefficient (Wildman–Crippen LogP) is 1.95. The number of hydrogen-bond acceptors (Lipinski definition) is 5. The van der Waals surface area contributed by atoms with Crippen molar-refractivity contribution < 1.29 is 14.3 Å². The predicted molar refractivity (Wildman–Crippen MR) is 94.8 cm³/mol. The van der Waals surface area contributed by atoms with Gasteiger partial charge in [-0.15, -0.1) is 0 Å². The molecule has 0 saturated carbocycles. The van der Waals surface area contributed by atoms with Gasteiger partial charge in [-0.05, 0) is 46.2 Å². The van der Waals surface area contributed by atoms with E-state index in [1.165, 1.54) is 0 Å². The van der Waals surface area contributed by atoms with Crippen molar-refractivity contribution in [2.75, 3.05) is 25.0 Å². The lowest BCUT2D eigenvalue weighted by atomic mass is 9.87. The van der Waals surface area contributed by atoms with E-state index in [0.29, 0.717) is 5.69 Å². The van der Waals surface area contributed by atoms with Crippen LogP contribution in [0.5, 0.6) is 0 Å². The molecule has 25 heavy (non-hydrogen) atoms. The smallest absolute Gasteiger partial charge is 0.410 e. The first-order valence-electron chi connectivity index (χ1n) is 8.65. The highest BCUT2D eigenvalue weighted by atomic mass is 16.6. The molecule has 3 saturated heterocycles. The fraction of sp³-hybridized carbons (Fsp3) is 0.611. The Morgan fingerprint density at radius 3 is 2.40 bits per heavy atom. The summed E-state index contributed by atoms with van der Waals surface area (Å²) in [4.78, 5) is 32.6. The van der Waals surface area contributed by atoms with Crippen molar-refractivity contribution in [2.45, 2.75) is 51.8 Å². The summed E-state index contributed by atoms with van der Waals surface area (Å²) in [5.41, 5.74) is 1.79. The number of fused-ring (bicyclic) bond motifs is 2. The summed E-state index contributed by atoms with van der Waals surface area (Å²) in [6.07, 6.45) is 0.789. The Morgan fingerprint density at radius 1 is 1.24 bits per heavy atom. The fourth-order valence-electron chi connectivity index (χ4n) is 3.56. The number of carbonyl (C=O) groups is 2. The Kier molecular flexibility index (Phi) is 4.34. The summed E-state index contributed by atoms with van der Waals surface area (Å²) in [6, 6.07) is 4.03. The number of hydrogen-bond donors (Lipinski definition) is 1. The van der Waals surface area contributed by atoms with Gasteiger partial charge in [0.25, 0.3) is 5.91 Å². The van der Waals surface area contributed by atoms with Gasteiger partial charge in [-0.2, -0.15) is 0 Å². The molecule has 2 amide bonds. The number of carbonyl (C=O) groups excluding carboxylic acids is 2. The topological polar surface area (TPSA) is 74.8 Å². The first-order valence-corrected chi connectivity index (χ1v) is 8.65. The molecule has 7 nitrogen and oxygen atoms in total. The number of amides is 2. The number of ether oxygens (including phenoxy) is 1. The van der Waals surface area contributed by atoms with Crippen molar-refractivity contribution in [2.24, 2.45) is 0 Å². The summed E-state index contributed by atoms with van der Waals surface area (Å²) < 4.78 is 5.51. The van der Waals surface area contributed by atoms with E-state index in [1.54, 1.807) is 13.1 Å². The minimum atomic E-state index is -0.475. The second kappa shape index (κ2) is 6.20. The molecule has 0 radical (unpaired) electrons. The Morgan fingerprint density at radius 2 is 1.88 bits per heavy atom. The third-order valence-electron chi connectivity index (χ3n) is 4.66. The van der Waals surface area contributed by atoms with E-state index in [2.05, 4.69) is 15.2 Å². The Labute approximate surface area is 148 Å². The van der Waals surface area contributed by atoms with Gasteiger partial charge in [0.05, 0.1) is 23.5 Å². The summed E-state index contributed by atoms with van der Waals surface area (Å²) in [7, 11) is 1.59. The lowest BCUT2D eigenvalue weighted by molar-refractivity contribution is -0.0379.